The largest absolute Gasteiger partial charge is 0.388 e. The Hall–Kier alpha value is -0.360. The van der Waals surface area contributed by atoms with Crippen molar-refractivity contribution in [3.8, 4) is 0 Å². The van der Waals surface area contributed by atoms with Gasteiger partial charge >= 0.3 is 0 Å². The fourth-order valence-electron chi connectivity index (χ4n) is 1.46. The fourth-order valence-corrected chi connectivity index (χ4v) is 1.82. The molecule has 0 aliphatic carbocycles. The Kier molecular flexibility index (Phi) is 4.17. The van der Waals surface area contributed by atoms with Gasteiger partial charge in [0, 0.05) is 14.1 Å². The van der Waals surface area contributed by atoms with Crippen LogP contribution in [-0.2, 0) is 14.3 Å². The molecule has 0 aromatic rings. The molecule has 0 aromatic carbocycles. The van der Waals surface area contributed by atoms with Crippen molar-refractivity contribution in [3.63, 3.8) is 0 Å². The molecule has 0 radical (unpaired) electrons. The standard InChI is InChI=1S/C10H18ClNO4/c1-10(2)15-5-6(16-10)8(13)7(11)9(14)12(3)4/h6-8,13H,5H2,1-4H3/t6-,7-,8-/m1/s1. The lowest BCUT2D eigenvalue weighted by Gasteiger charge is -2.24. The lowest BCUT2D eigenvalue weighted by molar-refractivity contribution is -0.154. The molecule has 1 amide bonds. The SMILES string of the molecule is CN(C)C(=O)[C@H](Cl)[C@H](O)[C@H]1COC(C)(C)O1. The van der Waals surface area contributed by atoms with Gasteiger partial charge in [-0.1, -0.05) is 0 Å². The van der Waals surface area contributed by atoms with E-state index >= 15 is 0 Å². The number of halogens is 1. The Bertz CT molecular complexity index is 270. The Morgan fingerprint density at radius 1 is 1.56 bits per heavy atom. The van der Waals surface area contributed by atoms with E-state index in [1.165, 1.54) is 4.90 Å². The predicted octanol–water partition coefficient (Wildman–Crippen LogP) is 0.194. The van der Waals surface area contributed by atoms with Crippen molar-refractivity contribution in [1.29, 1.82) is 0 Å². The number of ether oxygens (including phenoxy) is 2. The van der Waals surface area contributed by atoms with Crippen LogP contribution in [0.5, 0.6) is 0 Å². The van der Waals surface area contributed by atoms with Crippen LogP contribution in [0.25, 0.3) is 0 Å². The van der Waals surface area contributed by atoms with E-state index in [0.717, 1.165) is 0 Å². The zero-order valence-electron chi connectivity index (χ0n) is 9.94. The van der Waals surface area contributed by atoms with Crippen LogP contribution in [0, 0.1) is 0 Å². The first kappa shape index (κ1) is 13.7. The van der Waals surface area contributed by atoms with Gasteiger partial charge in [0.25, 0.3) is 0 Å². The summed E-state index contributed by atoms with van der Waals surface area (Å²) >= 11 is 5.87. The third kappa shape index (κ3) is 3.07. The molecule has 0 saturated carbocycles. The highest BCUT2D eigenvalue weighted by atomic mass is 35.5. The highest BCUT2D eigenvalue weighted by molar-refractivity contribution is 6.31. The molecule has 3 atom stereocenters. The van der Waals surface area contributed by atoms with Crippen molar-refractivity contribution in [2.45, 2.75) is 37.2 Å². The molecule has 1 rings (SSSR count). The zero-order valence-corrected chi connectivity index (χ0v) is 10.7. The molecule has 1 N–H and O–H groups in total. The molecule has 0 unspecified atom stereocenters. The van der Waals surface area contributed by atoms with Crippen LogP contribution >= 0.6 is 11.6 Å². The Balaban J connectivity index is 2.58. The van der Waals surface area contributed by atoms with Crippen molar-refractivity contribution in [3.05, 3.63) is 0 Å². The molecule has 1 aliphatic rings. The summed E-state index contributed by atoms with van der Waals surface area (Å²) in [6, 6.07) is 0. The van der Waals surface area contributed by atoms with E-state index in [4.69, 9.17) is 21.1 Å². The van der Waals surface area contributed by atoms with Crippen LogP contribution in [0.3, 0.4) is 0 Å². The number of nitrogens with zero attached hydrogens (tertiary/aromatic N) is 1. The molecule has 1 heterocycles. The maximum atomic E-state index is 11.5. The van der Waals surface area contributed by atoms with Crippen LogP contribution in [0.2, 0.25) is 0 Å². The molecule has 1 saturated heterocycles. The maximum Gasteiger partial charge on any atom is 0.242 e. The highest BCUT2D eigenvalue weighted by Gasteiger charge is 2.41. The van der Waals surface area contributed by atoms with Gasteiger partial charge in [0.1, 0.15) is 17.6 Å². The van der Waals surface area contributed by atoms with E-state index in [2.05, 4.69) is 0 Å². The molecule has 0 spiro atoms. The van der Waals surface area contributed by atoms with E-state index in [1.807, 2.05) is 0 Å². The number of rotatable bonds is 3. The first-order chi connectivity index (χ1) is 7.24. The molecule has 94 valence electrons. The average molecular weight is 252 g/mol. The van der Waals surface area contributed by atoms with Gasteiger partial charge in [0.15, 0.2) is 5.79 Å². The first-order valence-electron chi connectivity index (χ1n) is 5.09. The van der Waals surface area contributed by atoms with E-state index in [-0.39, 0.29) is 12.5 Å². The minimum atomic E-state index is -1.07. The number of carbonyl (C=O) groups is 1. The van der Waals surface area contributed by atoms with E-state index in [9.17, 15) is 9.90 Å². The number of alkyl halides is 1. The summed E-state index contributed by atoms with van der Waals surface area (Å²) in [7, 11) is 3.17. The van der Waals surface area contributed by atoms with Gasteiger partial charge in [-0.05, 0) is 13.8 Å². The Morgan fingerprint density at radius 2 is 2.12 bits per heavy atom. The van der Waals surface area contributed by atoms with Gasteiger partial charge in [-0.15, -0.1) is 11.6 Å². The van der Waals surface area contributed by atoms with Crippen LogP contribution in [0.1, 0.15) is 13.8 Å². The zero-order chi connectivity index (χ0) is 12.5. The molecule has 16 heavy (non-hydrogen) atoms. The Labute approximate surface area is 100 Å². The van der Waals surface area contributed by atoms with Crippen molar-refractivity contribution in [2.24, 2.45) is 0 Å². The number of hydrogen-bond donors (Lipinski definition) is 1. The molecule has 1 fully saturated rings. The van der Waals surface area contributed by atoms with Gasteiger partial charge in [-0.3, -0.25) is 4.79 Å². The smallest absolute Gasteiger partial charge is 0.242 e. The second kappa shape index (κ2) is 4.87. The molecule has 0 aromatic heterocycles. The van der Waals surface area contributed by atoms with Crippen molar-refractivity contribution < 1.29 is 19.4 Å². The molecule has 0 bridgehead atoms. The van der Waals surface area contributed by atoms with Crippen LogP contribution in [0.15, 0.2) is 0 Å². The van der Waals surface area contributed by atoms with Gasteiger partial charge < -0.3 is 19.5 Å². The number of hydrogen-bond acceptors (Lipinski definition) is 4. The Morgan fingerprint density at radius 3 is 2.50 bits per heavy atom. The number of aliphatic hydroxyl groups excluding tert-OH is 1. The summed E-state index contributed by atoms with van der Waals surface area (Å²) in [5.74, 6) is -1.08. The van der Waals surface area contributed by atoms with Gasteiger partial charge in [-0.2, -0.15) is 0 Å². The lowest BCUT2D eigenvalue weighted by atomic mass is 10.1. The lowest BCUT2D eigenvalue weighted by Crippen LogP contribution is -2.45. The minimum Gasteiger partial charge on any atom is -0.388 e. The number of amides is 1. The molecule has 5 nitrogen and oxygen atoms in total. The molecule has 6 heteroatoms. The molecular weight excluding hydrogens is 234 g/mol. The van der Waals surface area contributed by atoms with E-state index in [1.54, 1.807) is 27.9 Å². The third-order valence-corrected chi connectivity index (χ3v) is 2.83. The predicted molar refractivity (Wildman–Crippen MR) is 59.2 cm³/mol. The maximum absolute atomic E-state index is 11.5. The summed E-state index contributed by atoms with van der Waals surface area (Å²) in [5, 5.41) is 8.87. The quantitative estimate of drug-likeness (QED) is 0.728. The first-order valence-corrected chi connectivity index (χ1v) is 5.53. The average Bonchev–Trinajstić information content (AvgIpc) is 2.55. The van der Waals surface area contributed by atoms with Gasteiger partial charge in [0.2, 0.25) is 5.91 Å². The number of aliphatic hydroxyl groups is 1. The van der Waals surface area contributed by atoms with Crippen molar-refractivity contribution >= 4 is 17.5 Å². The normalized spacial score (nSPS) is 27.5. The summed E-state index contributed by atoms with van der Waals surface area (Å²) in [6.45, 7) is 3.73. The summed E-state index contributed by atoms with van der Waals surface area (Å²) < 4.78 is 10.7. The van der Waals surface area contributed by atoms with Crippen molar-refractivity contribution in [1.82, 2.24) is 4.90 Å². The third-order valence-electron chi connectivity index (χ3n) is 2.39. The monoisotopic (exact) mass is 251 g/mol. The number of carbonyl (C=O) groups excluding carboxylic acids is 1. The summed E-state index contributed by atoms with van der Waals surface area (Å²) in [6.07, 6.45) is -1.64. The second-order valence-electron chi connectivity index (χ2n) is 4.49. The molecule has 1 aliphatic heterocycles. The second-order valence-corrected chi connectivity index (χ2v) is 4.96. The van der Waals surface area contributed by atoms with Gasteiger partial charge in [-0.25, -0.2) is 0 Å². The van der Waals surface area contributed by atoms with Crippen molar-refractivity contribution in [2.75, 3.05) is 20.7 Å². The van der Waals surface area contributed by atoms with Crippen LogP contribution < -0.4 is 0 Å². The van der Waals surface area contributed by atoms with E-state index in [0.29, 0.717) is 0 Å². The summed E-state index contributed by atoms with van der Waals surface area (Å²) in [5.41, 5.74) is 0. The topological polar surface area (TPSA) is 59.0 Å². The van der Waals surface area contributed by atoms with Gasteiger partial charge in [0.05, 0.1) is 6.61 Å². The summed E-state index contributed by atoms with van der Waals surface area (Å²) in [4.78, 5) is 12.9. The fraction of sp³-hybridized carbons (Fsp3) is 0.900. The minimum absolute atomic E-state index is 0.234. The highest BCUT2D eigenvalue weighted by Crippen LogP contribution is 2.26. The van der Waals surface area contributed by atoms with Crippen LogP contribution in [-0.4, -0.2) is 60.0 Å². The van der Waals surface area contributed by atoms with Crippen LogP contribution in [0.4, 0.5) is 0 Å². The van der Waals surface area contributed by atoms with E-state index < -0.39 is 23.4 Å². The molecular formula is C10H18ClNO4.